The van der Waals surface area contributed by atoms with Gasteiger partial charge in [-0.2, -0.15) is 0 Å². The lowest BCUT2D eigenvalue weighted by molar-refractivity contribution is -0.352. The fraction of sp³-hybridized carbons (Fsp3) is 0.591. The SMILES string of the molecule is O=C(COc1ccc(F)cc1)NC12CCC(c3nnc(C4CC(OC(F)(F)F)C4)o3)(CC1)OC2. The van der Waals surface area contributed by atoms with Crippen LogP contribution in [-0.4, -0.2) is 47.3 Å². The largest absolute Gasteiger partial charge is 0.522 e. The monoisotopic (exact) mass is 485 g/mol. The average Bonchev–Trinajstić information content (AvgIpc) is 3.26. The normalized spacial score (nSPS) is 30.6. The Kier molecular flexibility index (Phi) is 5.75. The fourth-order valence-electron chi connectivity index (χ4n) is 4.78. The van der Waals surface area contributed by atoms with Gasteiger partial charge in [-0.25, -0.2) is 4.39 Å². The zero-order valence-electron chi connectivity index (χ0n) is 18.1. The molecule has 2 aliphatic carbocycles. The van der Waals surface area contributed by atoms with Crippen molar-refractivity contribution in [2.45, 2.75) is 68.0 Å². The molecule has 184 valence electrons. The van der Waals surface area contributed by atoms with Gasteiger partial charge in [0.05, 0.1) is 18.2 Å². The van der Waals surface area contributed by atoms with Crippen molar-refractivity contribution in [3.05, 3.63) is 41.9 Å². The van der Waals surface area contributed by atoms with Crippen molar-refractivity contribution < 1.29 is 41.0 Å². The highest BCUT2D eigenvalue weighted by molar-refractivity contribution is 5.78. The van der Waals surface area contributed by atoms with Crippen molar-refractivity contribution in [1.29, 1.82) is 0 Å². The van der Waals surface area contributed by atoms with E-state index in [4.69, 9.17) is 13.9 Å². The number of carbonyl (C=O) groups is 1. The molecule has 0 atom stereocenters. The minimum Gasteiger partial charge on any atom is -0.484 e. The third-order valence-corrected chi connectivity index (χ3v) is 6.80. The highest BCUT2D eigenvalue weighted by Gasteiger charge is 2.54. The van der Waals surface area contributed by atoms with E-state index in [0.29, 0.717) is 43.2 Å². The first-order valence-electron chi connectivity index (χ1n) is 11.1. The van der Waals surface area contributed by atoms with Crippen molar-refractivity contribution >= 4 is 5.91 Å². The van der Waals surface area contributed by atoms with E-state index in [1.54, 1.807) is 0 Å². The van der Waals surface area contributed by atoms with Gasteiger partial charge < -0.3 is 19.2 Å². The van der Waals surface area contributed by atoms with E-state index in [2.05, 4.69) is 20.3 Å². The third-order valence-electron chi connectivity index (χ3n) is 6.80. The molecule has 2 saturated heterocycles. The van der Waals surface area contributed by atoms with Gasteiger partial charge in [-0.3, -0.25) is 9.53 Å². The molecule has 4 fully saturated rings. The first-order chi connectivity index (χ1) is 16.1. The molecular weight excluding hydrogens is 462 g/mol. The lowest BCUT2D eigenvalue weighted by Crippen LogP contribution is -2.62. The fourth-order valence-corrected chi connectivity index (χ4v) is 4.78. The van der Waals surface area contributed by atoms with Crippen molar-refractivity contribution in [2.75, 3.05) is 13.2 Å². The van der Waals surface area contributed by atoms with Gasteiger partial charge in [-0.15, -0.1) is 23.4 Å². The first-order valence-corrected chi connectivity index (χ1v) is 11.1. The van der Waals surface area contributed by atoms with Crippen LogP contribution in [0.1, 0.15) is 56.2 Å². The van der Waals surface area contributed by atoms with Gasteiger partial charge in [0.25, 0.3) is 5.91 Å². The summed E-state index contributed by atoms with van der Waals surface area (Å²) in [7, 11) is 0. The predicted molar refractivity (Wildman–Crippen MR) is 106 cm³/mol. The predicted octanol–water partition coefficient (Wildman–Crippen LogP) is 3.72. The molecule has 0 unspecified atom stereocenters. The molecule has 2 saturated carbocycles. The summed E-state index contributed by atoms with van der Waals surface area (Å²) >= 11 is 0. The lowest BCUT2D eigenvalue weighted by atomic mass is 9.71. The van der Waals surface area contributed by atoms with Crippen LogP contribution in [0.4, 0.5) is 17.6 Å². The Morgan fingerprint density at radius 1 is 1.12 bits per heavy atom. The summed E-state index contributed by atoms with van der Waals surface area (Å²) in [6, 6.07) is 5.41. The van der Waals surface area contributed by atoms with Crippen molar-refractivity contribution in [3.63, 3.8) is 0 Å². The Labute approximate surface area is 191 Å². The number of nitrogens with one attached hydrogen (secondary N) is 1. The molecule has 4 aliphatic rings. The average molecular weight is 485 g/mol. The van der Waals surface area contributed by atoms with Crippen LogP contribution in [0.5, 0.6) is 5.75 Å². The summed E-state index contributed by atoms with van der Waals surface area (Å²) < 4.78 is 71.2. The number of alkyl halides is 3. The molecule has 2 aromatic rings. The smallest absolute Gasteiger partial charge is 0.484 e. The van der Waals surface area contributed by atoms with Crippen LogP contribution in [0.15, 0.2) is 28.7 Å². The number of hydrogen-bond donors (Lipinski definition) is 1. The molecule has 0 spiro atoms. The van der Waals surface area contributed by atoms with Crippen LogP contribution in [0.3, 0.4) is 0 Å². The van der Waals surface area contributed by atoms with Crippen molar-refractivity contribution in [3.8, 4) is 5.75 Å². The van der Waals surface area contributed by atoms with Crippen LogP contribution in [0, 0.1) is 5.82 Å². The second-order valence-corrected chi connectivity index (χ2v) is 9.15. The highest BCUT2D eigenvalue weighted by Crippen LogP contribution is 2.50. The number of halogens is 4. The van der Waals surface area contributed by atoms with Gasteiger partial charge in [0, 0.05) is 5.92 Å². The second-order valence-electron chi connectivity index (χ2n) is 9.15. The van der Waals surface area contributed by atoms with Crippen molar-refractivity contribution in [1.82, 2.24) is 15.5 Å². The van der Waals surface area contributed by atoms with E-state index >= 15 is 0 Å². The van der Waals surface area contributed by atoms with Gasteiger partial charge in [0.1, 0.15) is 17.2 Å². The molecule has 1 N–H and O–H groups in total. The molecule has 2 aliphatic heterocycles. The number of hydrogen-bond acceptors (Lipinski definition) is 7. The maximum absolute atomic E-state index is 13.0. The molecule has 1 aromatic carbocycles. The summed E-state index contributed by atoms with van der Waals surface area (Å²) in [5.41, 5.74) is -1.28. The molecule has 6 rings (SSSR count). The Balaban J connectivity index is 1.13. The molecule has 1 amide bonds. The molecule has 3 heterocycles. The van der Waals surface area contributed by atoms with Crippen LogP contribution in [0.2, 0.25) is 0 Å². The Morgan fingerprint density at radius 2 is 1.82 bits per heavy atom. The molecular formula is C22H23F4N3O5. The molecule has 1 aromatic heterocycles. The zero-order valence-corrected chi connectivity index (χ0v) is 18.1. The number of rotatable bonds is 7. The Morgan fingerprint density at radius 3 is 2.44 bits per heavy atom. The summed E-state index contributed by atoms with van der Waals surface area (Å²) in [6.07, 6.45) is -2.82. The number of ether oxygens (including phenoxy) is 3. The topological polar surface area (TPSA) is 95.7 Å². The number of benzene rings is 1. The molecule has 34 heavy (non-hydrogen) atoms. The number of aromatic nitrogens is 2. The van der Waals surface area contributed by atoms with Crippen LogP contribution < -0.4 is 10.1 Å². The number of amides is 1. The summed E-state index contributed by atoms with van der Waals surface area (Å²) in [5, 5.41) is 11.2. The van der Waals surface area contributed by atoms with Gasteiger partial charge in [-0.1, -0.05) is 0 Å². The Hall–Kier alpha value is -2.73. The third kappa shape index (κ3) is 4.74. The van der Waals surface area contributed by atoms with E-state index in [1.807, 2.05) is 0 Å². The Bertz CT molecular complexity index is 1010. The lowest BCUT2D eigenvalue weighted by Gasteiger charge is -2.51. The van der Waals surface area contributed by atoms with Crippen LogP contribution in [0.25, 0.3) is 0 Å². The van der Waals surface area contributed by atoms with Gasteiger partial charge in [0.15, 0.2) is 6.61 Å². The molecule has 0 radical (unpaired) electrons. The summed E-state index contributed by atoms with van der Waals surface area (Å²) in [4.78, 5) is 12.4. The van der Waals surface area contributed by atoms with Gasteiger partial charge in [0.2, 0.25) is 11.8 Å². The quantitative estimate of drug-likeness (QED) is 0.597. The van der Waals surface area contributed by atoms with Crippen molar-refractivity contribution in [2.24, 2.45) is 0 Å². The second kappa shape index (κ2) is 8.49. The van der Waals surface area contributed by atoms with E-state index in [9.17, 15) is 22.4 Å². The maximum Gasteiger partial charge on any atom is 0.522 e. The van der Waals surface area contributed by atoms with Gasteiger partial charge in [-0.05, 0) is 62.8 Å². The van der Waals surface area contributed by atoms with Crippen LogP contribution in [-0.2, 0) is 19.9 Å². The number of fused-ring (bicyclic) bond motifs is 3. The van der Waals surface area contributed by atoms with E-state index in [-0.39, 0.29) is 43.7 Å². The summed E-state index contributed by atoms with van der Waals surface area (Å²) in [5.74, 6) is 0.0540. The zero-order chi connectivity index (χ0) is 24.0. The number of carbonyl (C=O) groups excluding carboxylic acids is 1. The standard InChI is InChI=1S/C22H23F4N3O5/c23-14-1-3-15(4-2-14)31-11-17(30)27-20-5-7-21(8-6-20,32-12-20)19-29-28-18(33-19)13-9-16(10-13)34-22(24,25)26/h1-4,13,16H,5-12H2,(H,27,30). The maximum atomic E-state index is 13.0. The number of nitrogens with zero attached hydrogens (tertiary/aromatic N) is 2. The minimum absolute atomic E-state index is 0.171. The first kappa shape index (κ1) is 23.0. The van der Waals surface area contributed by atoms with E-state index in [1.165, 1.54) is 24.3 Å². The minimum atomic E-state index is -4.65. The van der Waals surface area contributed by atoms with Gasteiger partial charge >= 0.3 is 6.36 Å². The molecule has 2 bridgehead atoms. The molecule has 8 nitrogen and oxygen atoms in total. The summed E-state index contributed by atoms with van der Waals surface area (Å²) in [6.45, 7) is 0.0594. The molecule has 12 heteroatoms. The highest BCUT2D eigenvalue weighted by atomic mass is 19.4. The van der Waals surface area contributed by atoms with E-state index < -0.39 is 23.6 Å². The van der Waals surface area contributed by atoms with Crippen LogP contribution >= 0.6 is 0 Å². The van der Waals surface area contributed by atoms with E-state index in [0.717, 1.165) is 0 Å².